The molecular weight excluding hydrogens is 401 g/mol. The minimum absolute atomic E-state index is 0.132. The first-order valence-electron chi connectivity index (χ1n) is 9.14. The molecule has 3 aliphatic rings. The molecule has 0 atom stereocenters. The number of hydrogen-bond donors (Lipinski definition) is 1. The second kappa shape index (κ2) is 7.58. The second-order valence-electron chi connectivity index (χ2n) is 7.55. The number of pyridine rings is 1. The van der Waals surface area contributed by atoms with Gasteiger partial charge in [0, 0.05) is 0 Å². The average molecular weight is 422 g/mol. The predicted molar refractivity (Wildman–Crippen MR) is 93.9 cm³/mol. The maximum atomic E-state index is 12.9. The van der Waals surface area contributed by atoms with E-state index in [0.717, 1.165) is 12.8 Å². The summed E-state index contributed by atoms with van der Waals surface area (Å²) in [7, 11) is 1.22. The lowest BCUT2D eigenvalue weighted by molar-refractivity contribution is -0.148. The van der Waals surface area contributed by atoms with Crippen molar-refractivity contribution >= 4 is 11.7 Å². The molecule has 0 amide bonds. The summed E-state index contributed by atoms with van der Waals surface area (Å²) < 4.78 is 66.8. The number of nitrogens with zero attached hydrogens (tertiary/aromatic N) is 3. The molecule has 29 heavy (non-hydrogen) atoms. The maximum Gasteiger partial charge on any atom is 0.376 e. The number of rotatable bonds is 6. The van der Waals surface area contributed by atoms with Gasteiger partial charge in [-0.1, -0.05) is 12.8 Å². The molecule has 0 aromatic carbocycles. The van der Waals surface area contributed by atoms with Gasteiger partial charge in [-0.15, -0.1) is 0 Å². The molecule has 1 aliphatic heterocycles. The van der Waals surface area contributed by atoms with E-state index in [1.54, 1.807) is 0 Å². The van der Waals surface area contributed by atoms with Gasteiger partial charge in [0.15, 0.2) is 5.69 Å². The fraction of sp³-hybridized carbons (Fsp3) is 0.667. The fourth-order valence-corrected chi connectivity index (χ4v) is 2.82. The van der Waals surface area contributed by atoms with Crippen LogP contribution in [0, 0.1) is 5.92 Å². The Bertz CT molecular complexity index is 756. The molecule has 1 N–H and O–H groups in total. The third kappa shape index (κ3) is 5.06. The second-order valence-corrected chi connectivity index (χ2v) is 7.55. The van der Waals surface area contributed by atoms with Gasteiger partial charge in [0.1, 0.15) is 5.69 Å². The highest BCUT2D eigenvalue weighted by atomic mass is 19.4. The SMILES string of the molecule is C[N-]C1(C(F)(F)F)CC1.O=C(O)c1ccc(N2CC(F)(F)C2)c(OCC2CC2)n1. The van der Waals surface area contributed by atoms with Crippen molar-refractivity contribution in [3.63, 3.8) is 0 Å². The largest absolute Gasteiger partial charge is 0.652 e. The van der Waals surface area contributed by atoms with Gasteiger partial charge in [0.05, 0.1) is 19.7 Å². The summed E-state index contributed by atoms with van der Waals surface area (Å²) in [5, 5.41) is 12.2. The Morgan fingerprint density at radius 1 is 1.31 bits per heavy atom. The van der Waals surface area contributed by atoms with E-state index < -0.39 is 23.6 Å². The number of carboxylic acids is 1. The lowest BCUT2D eigenvalue weighted by Gasteiger charge is -2.40. The molecule has 4 rings (SSSR count). The highest BCUT2D eigenvalue weighted by Crippen LogP contribution is 2.54. The number of alkyl halides is 5. The van der Waals surface area contributed by atoms with Gasteiger partial charge in [0.25, 0.3) is 5.92 Å². The van der Waals surface area contributed by atoms with Crippen molar-refractivity contribution < 1.29 is 36.6 Å². The predicted octanol–water partition coefficient (Wildman–Crippen LogP) is 4.11. The molecule has 3 fully saturated rings. The number of aromatic nitrogens is 1. The Balaban J connectivity index is 0.000000224. The zero-order valence-electron chi connectivity index (χ0n) is 15.7. The Kier molecular flexibility index (Phi) is 5.63. The average Bonchev–Trinajstić information content (AvgIpc) is 3.51. The molecule has 1 aromatic heterocycles. The molecule has 1 saturated heterocycles. The van der Waals surface area contributed by atoms with Crippen LogP contribution in [0.3, 0.4) is 0 Å². The van der Waals surface area contributed by atoms with Crippen molar-refractivity contribution in [1.29, 1.82) is 0 Å². The molecule has 0 unspecified atom stereocenters. The van der Waals surface area contributed by atoms with Gasteiger partial charge >= 0.3 is 12.1 Å². The van der Waals surface area contributed by atoms with Crippen molar-refractivity contribution in [2.45, 2.75) is 43.3 Å². The van der Waals surface area contributed by atoms with Gasteiger partial charge in [-0.25, -0.2) is 18.6 Å². The van der Waals surface area contributed by atoms with E-state index in [-0.39, 0.29) is 37.5 Å². The Morgan fingerprint density at radius 3 is 2.31 bits per heavy atom. The van der Waals surface area contributed by atoms with E-state index in [4.69, 9.17) is 9.84 Å². The van der Waals surface area contributed by atoms with Crippen LogP contribution in [0.4, 0.5) is 27.6 Å². The van der Waals surface area contributed by atoms with Crippen LogP contribution in [0.2, 0.25) is 0 Å². The summed E-state index contributed by atoms with van der Waals surface area (Å²) in [5.41, 5.74) is -1.36. The summed E-state index contributed by atoms with van der Waals surface area (Å²) in [6.45, 7) is -0.324. The van der Waals surface area contributed by atoms with Gasteiger partial charge in [-0.3, -0.25) is 0 Å². The van der Waals surface area contributed by atoms with Gasteiger partial charge < -0.3 is 20.1 Å². The quantitative estimate of drug-likeness (QED) is 0.699. The van der Waals surface area contributed by atoms with Crippen molar-refractivity contribution in [1.82, 2.24) is 4.98 Å². The minimum atomic E-state index is -4.11. The van der Waals surface area contributed by atoms with E-state index in [1.165, 1.54) is 24.1 Å². The minimum Gasteiger partial charge on any atom is -0.652 e. The van der Waals surface area contributed by atoms with Crippen LogP contribution >= 0.6 is 0 Å². The van der Waals surface area contributed by atoms with Crippen molar-refractivity contribution in [3.8, 4) is 5.88 Å². The highest BCUT2D eigenvalue weighted by molar-refractivity contribution is 5.86. The summed E-state index contributed by atoms with van der Waals surface area (Å²) in [4.78, 5) is 16.3. The van der Waals surface area contributed by atoms with Crippen LogP contribution in [0.5, 0.6) is 5.88 Å². The topological polar surface area (TPSA) is 76.8 Å². The van der Waals surface area contributed by atoms with Crippen LogP contribution in [-0.4, -0.2) is 60.4 Å². The normalized spacial score (nSPS) is 21.5. The molecule has 2 aliphatic carbocycles. The van der Waals surface area contributed by atoms with Gasteiger partial charge in [0.2, 0.25) is 5.88 Å². The summed E-state index contributed by atoms with van der Waals surface area (Å²) >= 11 is 0. The summed E-state index contributed by atoms with van der Waals surface area (Å²) in [6, 6.07) is 2.78. The van der Waals surface area contributed by atoms with E-state index in [1.807, 2.05) is 0 Å². The molecule has 0 bridgehead atoms. The van der Waals surface area contributed by atoms with Crippen LogP contribution in [0.25, 0.3) is 5.32 Å². The Labute approximate surface area is 164 Å². The van der Waals surface area contributed by atoms with E-state index in [0.29, 0.717) is 18.2 Å². The molecule has 11 heteroatoms. The number of carbonyl (C=O) groups is 1. The number of aromatic carboxylic acids is 1. The van der Waals surface area contributed by atoms with Crippen LogP contribution in [0.15, 0.2) is 12.1 Å². The van der Waals surface area contributed by atoms with E-state index in [2.05, 4.69) is 10.3 Å². The monoisotopic (exact) mass is 422 g/mol. The van der Waals surface area contributed by atoms with E-state index in [9.17, 15) is 26.7 Å². The maximum absolute atomic E-state index is 12.9. The van der Waals surface area contributed by atoms with Crippen LogP contribution in [0.1, 0.15) is 36.2 Å². The molecule has 162 valence electrons. The lowest BCUT2D eigenvalue weighted by Crippen LogP contribution is -2.56. The zero-order valence-corrected chi connectivity index (χ0v) is 15.7. The number of ether oxygens (including phenoxy) is 1. The number of carboxylic acid groups (broad SMARTS) is 1. The number of halogens is 5. The Hall–Kier alpha value is -2.17. The first-order valence-corrected chi connectivity index (χ1v) is 9.14. The standard InChI is InChI=1S/C13H14F2N2O3.C5H7F3N/c14-13(15)6-17(7-13)10-4-3-9(12(18)19)16-11(10)20-5-8-1-2-8;1-9-4(2-3-4)5(6,7)8/h3-4,8H,1-2,5-7H2,(H,18,19);2-3H2,1H3/q;-1. The molecule has 0 spiro atoms. The van der Waals surface area contributed by atoms with Crippen LogP contribution < -0.4 is 9.64 Å². The summed E-state index contributed by atoms with van der Waals surface area (Å²) in [6.07, 6.45) is -1.60. The zero-order chi connectivity index (χ0) is 21.4. The first-order chi connectivity index (χ1) is 13.5. The number of hydrogen-bond acceptors (Lipinski definition) is 4. The fourth-order valence-electron chi connectivity index (χ4n) is 2.82. The molecular formula is C18H21F5N3O3-. The lowest BCUT2D eigenvalue weighted by atomic mass is 10.1. The van der Waals surface area contributed by atoms with Gasteiger partial charge in [-0.2, -0.15) is 20.2 Å². The van der Waals surface area contributed by atoms with Crippen molar-refractivity contribution in [2.75, 3.05) is 31.6 Å². The number of anilines is 1. The third-order valence-corrected chi connectivity index (χ3v) is 5.08. The third-order valence-electron chi connectivity index (χ3n) is 5.08. The highest BCUT2D eigenvalue weighted by Gasteiger charge is 2.54. The first kappa shape index (κ1) is 21.5. The molecule has 0 radical (unpaired) electrons. The van der Waals surface area contributed by atoms with Crippen LogP contribution in [-0.2, 0) is 0 Å². The summed E-state index contributed by atoms with van der Waals surface area (Å²) in [5.74, 6) is -3.26. The smallest absolute Gasteiger partial charge is 0.376 e. The Morgan fingerprint density at radius 2 is 1.93 bits per heavy atom. The molecule has 2 saturated carbocycles. The molecule has 2 heterocycles. The van der Waals surface area contributed by atoms with Crippen molar-refractivity contribution in [3.05, 3.63) is 23.1 Å². The molecule has 6 nitrogen and oxygen atoms in total. The van der Waals surface area contributed by atoms with E-state index >= 15 is 0 Å². The molecule has 1 aromatic rings. The van der Waals surface area contributed by atoms with Crippen molar-refractivity contribution in [2.24, 2.45) is 5.92 Å². The van der Waals surface area contributed by atoms with Gasteiger partial charge in [-0.05, 0) is 36.4 Å².